The van der Waals surface area contributed by atoms with Gasteiger partial charge in [0.15, 0.2) is 5.75 Å². The summed E-state index contributed by atoms with van der Waals surface area (Å²) in [5.74, 6) is 0.968. The van der Waals surface area contributed by atoms with Gasteiger partial charge in [-0.2, -0.15) is 0 Å². The number of hydrogen-bond donors (Lipinski definition) is 3. The molecule has 0 aliphatic rings. The van der Waals surface area contributed by atoms with E-state index in [0.717, 1.165) is 38.9 Å². The molecule has 0 saturated carbocycles. The molecule has 2 amide bonds. The highest BCUT2D eigenvalue weighted by Gasteiger charge is 2.18. The summed E-state index contributed by atoms with van der Waals surface area (Å²) >= 11 is 12.5. The van der Waals surface area contributed by atoms with Gasteiger partial charge < -0.3 is 25.2 Å². The van der Waals surface area contributed by atoms with Crippen LogP contribution in [0.15, 0.2) is 78.9 Å². The van der Waals surface area contributed by atoms with Gasteiger partial charge in [-0.15, -0.1) is 0 Å². The number of benzene rings is 4. The van der Waals surface area contributed by atoms with Gasteiger partial charge in [-0.1, -0.05) is 77.8 Å². The molecule has 0 aromatic heterocycles. The third-order valence-electron chi connectivity index (χ3n) is 7.21. The minimum atomic E-state index is -1.06. The van der Waals surface area contributed by atoms with Crippen molar-refractivity contribution in [3.8, 4) is 22.6 Å². The van der Waals surface area contributed by atoms with Crippen molar-refractivity contribution in [2.75, 3.05) is 19.8 Å². The van der Waals surface area contributed by atoms with Crippen LogP contribution in [-0.4, -0.2) is 36.9 Å². The molecule has 3 N–H and O–H groups in total. The Balaban J connectivity index is 1.42. The first-order valence-corrected chi connectivity index (χ1v) is 15.1. The third kappa shape index (κ3) is 9.15. The van der Waals surface area contributed by atoms with Crippen LogP contribution in [-0.2, 0) is 17.8 Å². The standard InChI is InChI=1S/C35H36Cl2N2O5/c1-22-16-32(36)34(33(37)17-22)44-15-14-43-29-11-8-25(9-12-29)19-28(21-39-35(41)42)30-13-10-26(18-23(30)2)31-7-5-4-6-27(31)20-38-24(3)40/h4-13,16-18,28,39H,14-15,19-21H2,1-3H3,(H,38,40)(H,41,42). The van der Waals surface area contributed by atoms with Gasteiger partial charge in [-0.3, -0.25) is 4.79 Å². The van der Waals surface area contributed by atoms with Crippen molar-refractivity contribution in [3.05, 3.63) is 117 Å². The summed E-state index contributed by atoms with van der Waals surface area (Å²) in [6, 6.07) is 25.6. The maximum atomic E-state index is 11.5. The monoisotopic (exact) mass is 634 g/mol. The molecule has 0 saturated heterocycles. The predicted molar refractivity (Wildman–Crippen MR) is 175 cm³/mol. The number of nitrogens with one attached hydrogen (secondary N) is 2. The van der Waals surface area contributed by atoms with E-state index in [9.17, 15) is 14.7 Å². The SMILES string of the molecule is CC(=O)NCc1ccccc1-c1ccc(C(CNC(=O)O)Cc2ccc(OCCOc3c(Cl)cc(C)cc3Cl)cc2)c(C)c1. The largest absolute Gasteiger partial charge is 0.490 e. The first-order chi connectivity index (χ1) is 21.1. The normalized spacial score (nSPS) is 11.5. The summed E-state index contributed by atoms with van der Waals surface area (Å²) in [5, 5.41) is 15.7. The van der Waals surface area contributed by atoms with E-state index in [4.69, 9.17) is 32.7 Å². The smallest absolute Gasteiger partial charge is 0.404 e. The maximum Gasteiger partial charge on any atom is 0.404 e. The maximum absolute atomic E-state index is 11.5. The lowest BCUT2D eigenvalue weighted by atomic mass is 9.87. The highest BCUT2D eigenvalue weighted by molar-refractivity contribution is 6.37. The number of carbonyl (C=O) groups excluding carboxylic acids is 1. The molecule has 4 rings (SSSR count). The van der Waals surface area contributed by atoms with E-state index >= 15 is 0 Å². The highest BCUT2D eigenvalue weighted by atomic mass is 35.5. The average Bonchev–Trinajstić information content (AvgIpc) is 2.98. The Morgan fingerprint density at radius 2 is 1.55 bits per heavy atom. The van der Waals surface area contributed by atoms with E-state index in [1.807, 2.05) is 62.4 Å². The van der Waals surface area contributed by atoms with Crippen molar-refractivity contribution in [3.63, 3.8) is 0 Å². The molecule has 0 radical (unpaired) electrons. The zero-order chi connectivity index (χ0) is 31.6. The number of carboxylic acid groups (broad SMARTS) is 1. The Labute approximate surface area is 268 Å². The molecule has 0 fully saturated rings. The topological polar surface area (TPSA) is 96.9 Å². The molecule has 1 unspecified atom stereocenters. The Bertz CT molecular complexity index is 1580. The van der Waals surface area contributed by atoms with E-state index < -0.39 is 6.09 Å². The van der Waals surface area contributed by atoms with Crippen LogP contribution in [0.25, 0.3) is 11.1 Å². The van der Waals surface area contributed by atoms with Crippen LogP contribution in [0.4, 0.5) is 4.79 Å². The molecule has 0 aliphatic heterocycles. The van der Waals surface area contributed by atoms with E-state index in [1.165, 1.54) is 6.92 Å². The molecule has 4 aromatic rings. The molecule has 0 aliphatic carbocycles. The van der Waals surface area contributed by atoms with Crippen LogP contribution < -0.4 is 20.1 Å². The van der Waals surface area contributed by atoms with E-state index in [0.29, 0.717) is 41.1 Å². The molecular formula is C35H36Cl2N2O5. The molecule has 230 valence electrons. The molecule has 0 bridgehead atoms. The van der Waals surface area contributed by atoms with Gasteiger partial charge >= 0.3 is 6.09 Å². The Morgan fingerprint density at radius 1 is 0.864 bits per heavy atom. The van der Waals surface area contributed by atoms with Gasteiger partial charge in [0.2, 0.25) is 5.91 Å². The van der Waals surface area contributed by atoms with Crippen LogP contribution in [0.2, 0.25) is 10.0 Å². The first kappa shape index (κ1) is 32.7. The fourth-order valence-corrected chi connectivity index (χ4v) is 5.82. The minimum absolute atomic E-state index is 0.0810. The molecule has 4 aromatic carbocycles. The van der Waals surface area contributed by atoms with Crippen molar-refractivity contribution in [1.82, 2.24) is 10.6 Å². The lowest BCUT2D eigenvalue weighted by molar-refractivity contribution is -0.119. The van der Waals surface area contributed by atoms with Crippen molar-refractivity contribution in [1.29, 1.82) is 0 Å². The lowest BCUT2D eigenvalue weighted by Crippen LogP contribution is -2.28. The predicted octanol–water partition coefficient (Wildman–Crippen LogP) is 7.97. The summed E-state index contributed by atoms with van der Waals surface area (Å²) in [6.07, 6.45) is -0.428. The number of hydrogen-bond acceptors (Lipinski definition) is 4. The summed E-state index contributed by atoms with van der Waals surface area (Å²) in [7, 11) is 0. The molecule has 0 spiro atoms. The van der Waals surface area contributed by atoms with E-state index in [-0.39, 0.29) is 25.0 Å². The van der Waals surface area contributed by atoms with Gasteiger partial charge in [0.1, 0.15) is 19.0 Å². The minimum Gasteiger partial charge on any atom is -0.490 e. The summed E-state index contributed by atoms with van der Waals surface area (Å²) in [5.41, 5.74) is 7.23. The fraction of sp³-hybridized carbons (Fsp3) is 0.257. The quantitative estimate of drug-likeness (QED) is 0.130. The summed E-state index contributed by atoms with van der Waals surface area (Å²) < 4.78 is 11.6. The zero-order valence-electron chi connectivity index (χ0n) is 25.0. The van der Waals surface area contributed by atoms with Gasteiger partial charge in [-0.25, -0.2) is 4.79 Å². The molecule has 9 heteroatoms. The second kappa shape index (κ2) is 15.5. The van der Waals surface area contributed by atoms with Crippen LogP contribution in [0.3, 0.4) is 0 Å². The second-order valence-corrected chi connectivity index (χ2v) is 11.4. The fourth-order valence-electron chi connectivity index (χ4n) is 5.11. The number of aryl methyl sites for hydroxylation is 2. The Morgan fingerprint density at radius 3 is 2.20 bits per heavy atom. The number of halogens is 2. The van der Waals surface area contributed by atoms with E-state index in [2.05, 4.69) is 28.8 Å². The average molecular weight is 636 g/mol. The Kier molecular flexibility index (Phi) is 11.5. The number of ether oxygens (including phenoxy) is 2. The summed E-state index contributed by atoms with van der Waals surface area (Å²) in [6.45, 7) is 6.76. The van der Waals surface area contributed by atoms with Crippen molar-refractivity contribution >= 4 is 35.2 Å². The van der Waals surface area contributed by atoms with Crippen LogP contribution in [0.5, 0.6) is 11.5 Å². The molecule has 44 heavy (non-hydrogen) atoms. The van der Waals surface area contributed by atoms with Crippen LogP contribution in [0, 0.1) is 13.8 Å². The van der Waals surface area contributed by atoms with Crippen LogP contribution >= 0.6 is 23.2 Å². The number of carbonyl (C=O) groups is 2. The first-order valence-electron chi connectivity index (χ1n) is 14.3. The molecule has 7 nitrogen and oxygen atoms in total. The molecule has 0 heterocycles. The van der Waals surface area contributed by atoms with Gasteiger partial charge in [0.05, 0.1) is 10.0 Å². The van der Waals surface area contributed by atoms with Crippen molar-refractivity contribution < 1.29 is 24.2 Å². The molecule has 1 atom stereocenters. The summed E-state index contributed by atoms with van der Waals surface area (Å²) in [4.78, 5) is 22.9. The number of rotatable bonds is 13. The van der Waals surface area contributed by atoms with Gasteiger partial charge in [0, 0.05) is 25.9 Å². The zero-order valence-corrected chi connectivity index (χ0v) is 26.5. The van der Waals surface area contributed by atoms with Crippen molar-refractivity contribution in [2.45, 2.75) is 39.7 Å². The lowest BCUT2D eigenvalue weighted by Gasteiger charge is -2.21. The molecular weight excluding hydrogens is 599 g/mol. The van der Waals surface area contributed by atoms with Gasteiger partial charge in [0.25, 0.3) is 0 Å². The Hall–Kier alpha value is -4.20. The van der Waals surface area contributed by atoms with E-state index in [1.54, 1.807) is 12.1 Å². The highest BCUT2D eigenvalue weighted by Crippen LogP contribution is 2.34. The van der Waals surface area contributed by atoms with Gasteiger partial charge in [-0.05, 0) is 83.5 Å². The third-order valence-corrected chi connectivity index (χ3v) is 7.77. The number of amides is 2. The second-order valence-electron chi connectivity index (χ2n) is 10.6. The van der Waals surface area contributed by atoms with Crippen LogP contribution in [0.1, 0.15) is 40.7 Å². The van der Waals surface area contributed by atoms with Crippen molar-refractivity contribution in [2.24, 2.45) is 0 Å².